The number of ether oxygens (including phenoxy) is 1. The molecule has 2 aliphatic carbocycles. The minimum Gasteiger partial charge on any atom is -0.465 e. The maximum absolute atomic E-state index is 12.3. The number of nitrogens with one attached hydrogen (secondary N) is 1. The quantitative estimate of drug-likeness (QED) is 0.762. The van der Waals surface area contributed by atoms with Crippen molar-refractivity contribution < 1.29 is 9.53 Å². The molecule has 5 nitrogen and oxygen atoms in total. The van der Waals surface area contributed by atoms with Crippen LogP contribution in [0, 0.1) is 0 Å². The second-order valence-electron chi connectivity index (χ2n) is 6.75. The van der Waals surface area contributed by atoms with Crippen molar-refractivity contribution in [3.63, 3.8) is 0 Å². The second kappa shape index (κ2) is 6.23. The number of hydrogen-bond donors (Lipinski definition) is 1. The van der Waals surface area contributed by atoms with Gasteiger partial charge in [-0.3, -0.25) is 14.6 Å². The smallest absolute Gasteiger partial charge is 0.326 e. The van der Waals surface area contributed by atoms with E-state index in [1.165, 1.54) is 25.9 Å². The third-order valence-corrected chi connectivity index (χ3v) is 5.56. The molecule has 2 atom stereocenters. The number of piperazine rings is 1. The summed E-state index contributed by atoms with van der Waals surface area (Å²) in [7, 11) is 1.89. The Kier molecular flexibility index (Phi) is 4.52. The molecule has 0 spiro atoms. The molecule has 0 amide bonds. The Bertz CT molecular complexity index is 378. The first kappa shape index (κ1) is 15.3. The summed E-state index contributed by atoms with van der Waals surface area (Å²) in [6.45, 7) is 7.06. The Morgan fingerprint density at radius 2 is 1.76 bits per heavy atom. The van der Waals surface area contributed by atoms with Crippen molar-refractivity contribution in [3.8, 4) is 0 Å². The summed E-state index contributed by atoms with van der Waals surface area (Å²) >= 11 is 0. The number of carbonyl (C=O) groups excluding carboxylic acids is 1. The molecule has 1 heterocycles. The average Bonchev–Trinajstić information content (AvgIpc) is 3.27. The first-order valence-electron chi connectivity index (χ1n) is 8.53. The van der Waals surface area contributed by atoms with E-state index in [4.69, 9.17) is 4.74 Å². The molecule has 1 saturated heterocycles. The van der Waals surface area contributed by atoms with E-state index in [1.54, 1.807) is 0 Å². The van der Waals surface area contributed by atoms with Gasteiger partial charge in [-0.05, 0) is 46.1 Å². The summed E-state index contributed by atoms with van der Waals surface area (Å²) in [6.07, 6.45) is 5.69. The third-order valence-electron chi connectivity index (χ3n) is 5.56. The van der Waals surface area contributed by atoms with Crippen LogP contribution in [0.5, 0.6) is 0 Å². The molecular weight excluding hydrogens is 266 g/mol. The van der Waals surface area contributed by atoms with Crippen molar-refractivity contribution in [2.75, 3.05) is 39.8 Å². The summed E-state index contributed by atoms with van der Waals surface area (Å²) in [6, 6.07) is 1.41. The van der Waals surface area contributed by atoms with Crippen LogP contribution in [-0.4, -0.2) is 73.2 Å². The lowest BCUT2D eigenvalue weighted by Gasteiger charge is -2.38. The Labute approximate surface area is 128 Å². The van der Waals surface area contributed by atoms with E-state index >= 15 is 0 Å². The van der Waals surface area contributed by atoms with Gasteiger partial charge in [0.2, 0.25) is 0 Å². The predicted octanol–water partition coefficient (Wildman–Crippen LogP) is 0.840. The first-order chi connectivity index (χ1) is 10.2. The van der Waals surface area contributed by atoms with Gasteiger partial charge in [-0.2, -0.15) is 0 Å². The zero-order chi connectivity index (χ0) is 14.9. The SMILES string of the molecule is CCOC(=O)C1(NC)CCC(N2CCN(C3CC3)CC2)C1. The molecule has 0 bridgehead atoms. The molecule has 2 saturated carbocycles. The van der Waals surface area contributed by atoms with Gasteiger partial charge < -0.3 is 10.1 Å². The molecule has 2 unspecified atom stereocenters. The van der Waals surface area contributed by atoms with E-state index in [-0.39, 0.29) is 5.97 Å². The molecule has 5 heteroatoms. The van der Waals surface area contributed by atoms with E-state index in [0.29, 0.717) is 12.6 Å². The summed E-state index contributed by atoms with van der Waals surface area (Å²) in [5.74, 6) is -0.0633. The zero-order valence-corrected chi connectivity index (χ0v) is 13.4. The highest BCUT2D eigenvalue weighted by molar-refractivity contribution is 5.81. The van der Waals surface area contributed by atoms with E-state index in [2.05, 4.69) is 15.1 Å². The standard InChI is InChI=1S/C16H29N3O2/c1-3-21-15(20)16(17-2)7-6-14(12-16)19-10-8-18(9-11-19)13-4-5-13/h13-14,17H,3-12H2,1-2H3. The van der Waals surface area contributed by atoms with Crippen LogP contribution >= 0.6 is 0 Å². The Balaban J connectivity index is 1.54. The molecule has 120 valence electrons. The van der Waals surface area contributed by atoms with Gasteiger partial charge in [0.25, 0.3) is 0 Å². The lowest BCUT2D eigenvalue weighted by atomic mass is 9.97. The third kappa shape index (κ3) is 3.10. The van der Waals surface area contributed by atoms with Crippen LogP contribution in [0.25, 0.3) is 0 Å². The van der Waals surface area contributed by atoms with Crippen LogP contribution in [0.1, 0.15) is 39.0 Å². The van der Waals surface area contributed by atoms with Gasteiger partial charge >= 0.3 is 5.97 Å². The molecule has 0 aromatic carbocycles. The van der Waals surface area contributed by atoms with Crippen molar-refractivity contribution >= 4 is 5.97 Å². The van der Waals surface area contributed by atoms with Crippen molar-refractivity contribution in [2.45, 2.75) is 56.7 Å². The highest BCUT2D eigenvalue weighted by atomic mass is 16.5. The predicted molar refractivity (Wildman–Crippen MR) is 82.2 cm³/mol. The van der Waals surface area contributed by atoms with Crippen LogP contribution in [0.15, 0.2) is 0 Å². The number of rotatable bonds is 5. The molecular formula is C16H29N3O2. The van der Waals surface area contributed by atoms with Gasteiger partial charge in [-0.25, -0.2) is 0 Å². The molecule has 21 heavy (non-hydrogen) atoms. The van der Waals surface area contributed by atoms with Crippen molar-refractivity contribution in [1.82, 2.24) is 15.1 Å². The Morgan fingerprint density at radius 1 is 1.14 bits per heavy atom. The monoisotopic (exact) mass is 295 g/mol. The topological polar surface area (TPSA) is 44.8 Å². The highest BCUT2D eigenvalue weighted by Crippen LogP contribution is 2.35. The number of hydrogen-bond acceptors (Lipinski definition) is 5. The second-order valence-corrected chi connectivity index (χ2v) is 6.75. The van der Waals surface area contributed by atoms with Crippen molar-refractivity contribution in [1.29, 1.82) is 0 Å². The molecule has 3 aliphatic rings. The highest BCUT2D eigenvalue weighted by Gasteiger charge is 2.47. The van der Waals surface area contributed by atoms with Crippen LogP contribution < -0.4 is 5.32 Å². The molecule has 0 aromatic rings. The molecule has 1 N–H and O–H groups in total. The van der Waals surface area contributed by atoms with Gasteiger partial charge in [-0.15, -0.1) is 0 Å². The van der Waals surface area contributed by atoms with Gasteiger partial charge in [-0.1, -0.05) is 0 Å². The van der Waals surface area contributed by atoms with Crippen molar-refractivity contribution in [3.05, 3.63) is 0 Å². The minimum atomic E-state index is -0.450. The normalized spacial score (nSPS) is 35.0. The maximum Gasteiger partial charge on any atom is 0.326 e. The van der Waals surface area contributed by atoms with Crippen LogP contribution in [-0.2, 0) is 9.53 Å². The fraction of sp³-hybridized carbons (Fsp3) is 0.938. The van der Waals surface area contributed by atoms with Crippen LogP contribution in [0.3, 0.4) is 0 Å². The molecule has 3 rings (SSSR count). The van der Waals surface area contributed by atoms with Gasteiger partial charge in [0, 0.05) is 38.3 Å². The summed E-state index contributed by atoms with van der Waals surface area (Å²) in [5, 5.41) is 3.26. The minimum absolute atomic E-state index is 0.0633. The Morgan fingerprint density at radius 3 is 2.29 bits per heavy atom. The van der Waals surface area contributed by atoms with Gasteiger partial charge in [0.15, 0.2) is 0 Å². The number of carbonyl (C=O) groups is 1. The van der Waals surface area contributed by atoms with Gasteiger partial charge in [0.1, 0.15) is 5.54 Å². The molecule has 0 radical (unpaired) electrons. The van der Waals surface area contributed by atoms with Crippen LogP contribution in [0.4, 0.5) is 0 Å². The largest absolute Gasteiger partial charge is 0.465 e. The molecule has 3 fully saturated rings. The summed E-state index contributed by atoms with van der Waals surface area (Å²) in [4.78, 5) is 17.5. The van der Waals surface area contributed by atoms with E-state index in [9.17, 15) is 4.79 Å². The lowest BCUT2D eigenvalue weighted by molar-refractivity contribution is -0.151. The fourth-order valence-corrected chi connectivity index (χ4v) is 4.02. The Hall–Kier alpha value is -0.650. The lowest BCUT2D eigenvalue weighted by Crippen LogP contribution is -2.53. The average molecular weight is 295 g/mol. The van der Waals surface area contributed by atoms with Gasteiger partial charge in [0.05, 0.1) is 6.61 Å². The fourth-order valence-electron chi connectivity index (χ4n) is 4.02. The van der Waals surface area contributed by atoms with E-state index in [0.717, 1.165) is 38.4 Å². The first-order valence-corrected chi connectivity index (χ1v) is 8.53. The van der Waals surface area contributed by atoms with E-state index in [1.807, 2.05) is 14.0 Å². The zero-order valence-electron chi connectivity index (χ0n) is 13.4. The molecule has 1 aliphatic heterocycles. The summed E-state index contributed by atoms with van der Waals surface area (Å²) < 4.78 is 5.28. The summed E-state index contributed by atoms with van der Waals surface area (Å²) in [5.41, 5.74) is -0.450. The van der Waals surface area contributed by atoms with Crippen LogP contribution in [0.2, 0.25) is 0 Å². The number of likely N-dealkylation sites (N-methyl/N-ethyl adjacent to an activating group) is 1. The molecule has 0 aromatic heterocycles. The number of nitrogens with zero attached hydrogens (tertiary/aromatic N) is 2. The van der Waals surface area contributed by atoms with E-state index < -0.39 is 5.54 Å². The van der Waals surface area contributed by atoms with Crippen molar-refractivity contribution in [2.24, 2.45) is 0 Å². The number of esters is 1. The maximum atomic E-state index is 12.3.